The summed E-state index contributed by atoms with van der Waals surface area (Å²) in [5, 5.41) is 6.64. The molecule has 6 heteroatoms. The summed E-state index contributed by atoms with van der Waals surface area (Å²) in [6, 6.07) is 5.21. The molecule has 0 aliphatic carbocycles. The number of hydrogen-bond donors (Lipinski definition) is 2. The van der Waals surface area contributed by atoms with Crippen LogP contribution in [0.2, 0.25) is 0 Å². The number of hydrogen-bond acceptors (Lipinski definition) is 4. The second kappa shape index (κ2) is 6.33. The number of nitrogens with one attached hydrogen (secondary N) is 1. The van der Waals surface area contributed by atoms with E-state index in [1.165, 1.54) is 4.68 Å². The summed E-state index contributed by atoms with van der Waals surface area (Å²) in [7, 11) is 0. The lowest BCUT2D eigenvalue weighted by molar-refractivity contribution is -0.116. The zero-order valence-corrected chi connectivity index (χ0v) is 10.2. The molecule has 0 aliphatic heterocycles. The number of nitrogens with zero attached hydrogens (tertiary/aromatic N) is 3. The van der Waals surface area contributed by atoms with Crippen LogP contribution in [0, 0.1) is 11.8 Å². The Balaban J connectivity index is 2.00. The van der Waals surface area contributed by atoms with Crippen molar-refractivity contribution >= 4 is 11.7 Å². The molecule has 6 nitrogen and oxygen atoms in total. The Morgan fingerprint density at radius 1 is 1.47 bits per heavy atom. The minimum absolute atomic E-state index is 0.146. The average molecular weight is 255 g/mol. The first-order valence-electron chi connectivity index (χ1n) is 5.70. The van der Waals surface area contributed by atoms with Gasteiger partial charge >= 0.3 is 0 Å². The number of nitrogens with two attached hydrogens (primary N) is 1. The fourth-order valence-electron chi connectivity index (χ4n) is 1.45. The molecule has 2 aromatic heterocycles. The molecule has 0 aromatic carbocycles. The van der Waals surface area contributed by atoms with Gasteiger partial charge in [0.25, 0.3) is 0 Å². The van der Waals surface area contributed by atoms with Crippen LogP contribution in [0.3, 0.4) is 0 Å². The van der Waals surface area contributed by atoms with E-state index in [2.05, 4.69) is 27.2 Å². The van der Waals surface area contributed by atoms with Gasteiger partial charge in [0.15, 0.2) is 0 Å². The second-order valence-corrected chi connectivity index (χ2v) is 3.69. The van der Waals surface area contributed by atoms with E-state index in [-0.39, 0.29) is 12.5 Å². The van der Waals surface area contributed by atoms with Gasteiger partial charge in [-0.2, -0.15) is 5.10 Å². The van der Waals surface area contributed by atoms with Crippen LogP contribution in [0.25, 0.3) is 0 Å². The van der Waals surface area contributed by atoms with Crippen LogP contribution >= 0.6 is 0 Å². The van der Waals surface area contributed by atoms with Crippen molar-refractivity contribution in [2.75, 3.05) is 11.9 Å². The molecule has 0 saturated heterocycles. The van der Waals surface area contributed by atoms with Crippen LogP contribution < -0.4 is 11.1 Å². The number of rotatable bonds is 3. The fourth-order valence-corrected chi connectivity index (χ4v) is 1.45. The first-order chi connectivity index (χ1) is 9.28. The molecule has 0 radical (unpaired) electrons. The maximum Gasteiger partial charge on any atom is 0.247 e. The molecule has 2 aromatic rings. The lowest BCUT2D eigenvalue weighted by Gasteiger charge is -2.04. The van der Waals surface area contributed by atoms with Crippen molar-refractivity contribution < 1.29 is 4.79 Å². The molecule has 0 aliphatic rings. The maximum atomic E-state index is 11.7. The van der Waals surface area contributed by atoms with E-state index in [0.29, 0.717) is 12.4 Å². The third-order valence-corrected chi connectivity index (χ3v) is 2.23. The summed E-state index contributed by atoms with van der Waals surface area (Å²) in [5.41, 5.74) is 6.06. The molecule has 2 rings (SSSR count). The highest BCUT2D eigenvalue weighted by Gasteiger charge is 2.04. The molecule has 2 heterocycles. The minimum Gasteiger partial charge on any atom is -0.320 e. The number of carbonyl (C=O) groups excluding carboxylic acids is 1. The lowest BCUT2D eigenvalue weighted by atomic mass is 10.2. The molecular formula is C13H13N5O. The highest BCUT2D eigenvalue weighted by Crippen LogP contribution is 2.05. The van der Waals surface area contributed by atoms with Crippen molar-refractivity contribution in [2.24, 2.45) is 5.73 Å². The summed E-state index contributed by atoms with van der Waals surface area (Å²) in [6.45, 7) is 0.441. The van der Waals surface area contributed by atoms with Gasteiger partial charge in [-0.25, -0.2) is 4.98 Å². The summed E-state index contributed by atoms with van der Waals surface area (Å²) in [6.07, 6.45) is 4.93. The van der Waals surface area contributed by atoms with Crippen LogP contribution in [0.4, 0.5) is 5.82 Å². The van der Waals surface area contributed by atoms with Gasteiger partial charge in [-0.05, 0) is 18.2 Å². The zero-order valence-electron chi connectivity index (χ0n) is 10.2. The van der Waals surface area contributed by atoms with E-state index in [0.717, 1.165) is 5.56 Å². The predicted molar refractivity (Wildman–Crippen MR) is 71.0 cm³/mol. The summed E-state index contributed by atoms with van der Waals surface area (Å²) < 4.78 is 1.54. The van der Waals surface area contributed by atoms with Crippen LogP contribution in [0.5, 0.6) is 0 Å². The van der Waals surface area contributed by atoms with E-state index in [9.17, 15) is 4.79 Å². The Labute approximate surface area is 110 Å². The Morgan fingerprint density at radius 3 is 3.11 bits per heavy atom. The number of pyridine rings is 1. The second-order valence-electron chi connectivity index (χ2n) is 3.69. The Bertz CT molecular complexity index is 609. The van der Waals surface area contributed by atoms with Crippen LogP contribution in [0.15, 0.2) is 36.8 Å². The van der Waals surface area contributed by atoms with Gasteiger partial charge in [-0.15, -0.1) is 0 Å². The quantitative estimate of drug-likeness (QED) is 0.769. The largest absolute Gasteiger partial charge is 0.320 e. The van der Waals surface area contributed by atoms with Crippen LogP contribution in [0.1, 0.15) is 5.56 Å². The summed E-state index contributed by atoms with van der Waals surface area (Å²) in [5.74, 6) is 5.89. The lowest BCUT2D eigenvalue weighted by Crippen LogP contribution is -2.19. The standard InChI is InChI=1S/C13H13N5O/c14-5-1-3-11-4-7-15-12(9-11)17-13(19)10-18-8-2-6-16-18/h2,4,6-9H,5,10,14H2,(H,15,17,19). The van der Waals surface area contributed by atoms with E-state index in [1.807, 2.05) is 0 Å². The molecule has 0 spiro atoms. The number of aromatic nitrogens is 3. The third kappa shape index (κ3) is 3.94. The Hall–Kier alpha value is -2.65. The molecule has 0 atom stereocenters. The average Bonchev–Trinajstić information content (AvgIpc) is 2.89. The Morgan fingerprint density at radius 2 is 2.37 bits per heavy atom. The summed E-state index contributed by atoms with van der Waals surface area (Å²) in [4.78, 5) is 15.8. The molecule has 0 bridgehead atoms. The van der Waals surface area contributed by atoms with Crippen molar-refractivity contribution in [3.8, 4) is 11.8 Å². The SMILES string of the molecule is NCC#Cc1ccnc(NC(=O)Cn2cccn2)c1. The van der Waals surface area contributed by atoms with Crippen molar-refractivity contribution in [2.45, 2.75) is 6.54 Å². The Kier molecular flexibility index (Phi) is 4.26. The molecule has 1 amide bonds. The van der Waals surface area contributed by atoms with Gasteiger partial charge in [0.1, 0.15) is 12.4 Å². The maximum absolute atomic E-state index is 11.7. The predicted octanol–water partition coefficient (Wildman–Crippen LogP) is 0.227. The van der Waals surface area contributed by atoms with E-state index in [1.54, 1.807) is 36.8 Å². The molecule has 0 saturated carbocycles. The van der Waals surface area contributed by atoms with Crippen molar-refractivity contribution in [3.05, 3.63) is 42.4 Å². The van der Waals surface area contributed by atoms with E-state index in [4.69, 9.17) is 5.73 Å². The highest BCUT2D eigenvalue weighted by molar-refractivity contribution is 5.89. The fraction of sp³-hybridized carbons (Fsp3) is 0.154. The minimum atomic E-state index is -0.194. The van der Waals surface area contributed by atoms with Gasteiger partial charge in [-0.3, -0.25) is 9.48 Å². The van der Waals surface area contributed by atoms with Gasteiger partial charge in [-0.1, -0.05) is 11.8 Å². The van der Waals surface area contributed by atoms with E-state index < -0.39 is 0 Å². The molecule has 3 N–H and O–H groups in total. The van der Waals surface area contributed by atoms with Gasteiger partial charge < -0.3 is 11.1 Å². The smallest absolute Gasteiger partial charge is 0.247 e. The van der Waals surface area contributed by atoms with Crippen LogP contribution in [-0.2, 0) is 11.3 Å². The van der Waals surface area contributed by atoms with Crippen LogP contribution in [-0.4, -0.2) is 27.2 Å². The van der Waals surface area contributed by atoms with Crippen molar-refractivity contribution in [1.29, 1.82) is 0 Å². The highest BCUT2D eigenvalue weighted by atomic mass is 16.2. The van der Waals surface area contributed by atoms with Crippen molar-refractivity contribution in [3.63, 3.8) is 0 Å². The van der Waals surface area contributed by atoms with Gasteiger partial charge in [0.2, 0.25) is 5.91 Å². The topological polar surface area (TPSA) is 85.8 Å². The first kappa shape index (κ1) is 12.8. The monoisotopic (exact) mass is 255 g/mol. The van der Waals surface area contributed by atoms with Crippen molar-refractivity contribution in [1.82, 2.24) is 14.8 Å². The number of anilines is 1. The van der Waals surface area contributed by atoms with Gasteiger partial charge in [0, 0.05) is 24.2 Å². The molecule has 0 unspecified atom stereocenters. The summed E-state index contributed by atoms with van der Waals surface area (Å²) >= 11 is 0. The molecule has 19 heavy (non-hydrogen) atoms. The number of amides is 1. The van der Waals surface area contributed by atoms with Gasteiger partial charge in [0.05, 0.1) is 6.54 Å². The molecule has 96 valence electrons. The third-order valence-electron chi connectivity index (χ3n) is 2.23. The van der Waals surface area contributed by atoms with E-state index >= 15 is 0 Å². The normalized spacial score (nSPS) is 9.53. The zero-order chi connectivity index (χ0) is 13.5. The molecule has 0 fully saturated rings. The first-order valence-corrected chi connectivity index (χ1v) is 5.70. The molecular weight excluding hydrogens is 242 g/mol. The number of carbonyl (C=O) groups is 1.